The summed E-state index contributed by atoms with van der Waals surface area (Å²) in [5.74, 6) is 0.873. The lowest BCUT2D eigenvalue weighted by Crippen LogP contribution is -2.30. The van der Waals surface area contributed by atoms with Gasteiger partial charge in [0.05, 0.1) is 12.8 Å². The van der Waals surface area contributed by atoms with Gasteiger partial charge < -0.3 is 10.6 Å². The lowest BCUT2D eigenvalue weighted by atomic mass is 9.85. The van der Waals surface area contributed by atoms with Crippen molar-refractivity contribution in [2.24, 2.45) is 0 Å². The van der Waals surface area contributed by atoms with Gasteiger partial charge in [-0.05, 0) is 48.2 Å². The average molecular weight is 402 g/mol. The molecule has 1 unspecified atom stereocenters. The van der Waals surface area contributed by atoms with Crippen molar-refractivity contribution in [3.8, 4) is 0 Å². The fourth-order valence-corrected chi connectivity index (χ4v) is 4.60. The number of hydrogen-bond acceptors (Lipinski definition) is 5. The van der Waals surface area contributed by atoms with Gasteiger partial charge in [-0.1, -0.05) is 30.4 Å². The van der Waals surface area contributed by atoms with Crippen molar-refractivity contribution in [1.29, 1.82) is 0 Å². The molecule has 154 valence electrons. The second kappa shape index (κ2) is 7.63. The molecule has 1 atom stereocenters. The monoisotopic (exact) mass is 402 g/mol. The number of allylic oxidation sites excluding steroid dienone is 3. The molecule has 1 aromatic carbocycles. The SMILES string of the molecule is CCN1C2=CCC(c3nc4cc(COOC)ccn4c3N)C=C2Cc2ccccc21. The molecule has 3 aromatic rings. The van der Waals surface area contributed by atoms with Crippen molar-refractivity contribution in [3.63, 3.8) is 0 Å². The summed E-state index contributed by atoms with van der Waals surface area (Å²) in [7, 11) is 1.51. The zero-order valence-electron chi connectivity index (χ0n) is 17.3. The van der Waals surface area contributed by atoms with Crippen LogP contribution in [0.4, 0.5) is 11.5 Å². The molecular formula is C24H26N4O2. The van der Waals surface area contributed by atoms with E-state index in [0.29, 0.717) is 12.4 Å². The van der Waals surface area contributed by atoms with Crippen LogP contribution in [0.25, 0.3) is 5.65 Å². The largest absolute Gasteiger partial charge is 0.383 e. The maximum absolute atomic E-state index is 6.50. The lowest BCUT2D eigenvalue weighted by Gasteiger charge is -2.37. The van der Waals surface area contributed by atoms with Gasteiger partial charge in [-0.25, -0.2) is 14.8 Å². The van der Waals surface area contributed by atoms with E-state index in [9.17, 15) is 0 Å². The van der Waals surface area contributed by atoms with E-state index in [1.165, 1.54) is 29.6 Å². The maximum Gasteiger partial charge on any atom is 0.139 e. The van der Waals surface area contributed by atoms with Crippen LogP contribution in [0.5, 0.6) is 0 Å². The summed E-state index contributed by atoms with van der Waals surface area (Å²) in [5.41, 5.74) is 14.6. The first-order valence-corrected chi connectivity index (χ1v) is 10.4. The summed E-state index contributed by atoms with van der Waals surface area (Å²) in [6, 6.07) is 12.6. The molecule has 0 amide bonds. The number of anilines is 2. The van der Waals surface area contributed by atoms with Gasteiger partial charge >= 0.3 is 0 Å². The number of nitrogens with zero attached hydrogens (tertiary/aromatic N) is 3. The number of rotatable bonds is 5. The molecule has 0 bridgehead atoms. The van der Waals surface area contributed by atoms with Gasteiger partial charge in [0, 0.05) is 36.5 Å². The minimum Gasteiger partial charge on any atom is -0.383 e. The number of pyridine rings is 1. The first-order valence-electron chi connectivity index (χ1n) is 10.4. The van der Waals surface area contributed by atoms with Crippen LogP contribution >= 0.6 is 0 Å². The number of imidazole rings is 1. The van der Waals surface area contributed by atoms with E-state index < -0.39 is 0 Å². The van der Waals surface area contributed by atoms with Crippen LogP contribution in [0.1, 0.15) is 36.1 Å². The Kier molecular flexibility index (Phi) is 4.81. The topological polar surface area (TPSA) is 65.0 Å². The fraction of sp³-hybridized carbons (Fsp3) is 0.292. The van der Waals surface area contributed by atoms with Gasteiger partial charge in [0.15, 0.2) is 0 Å². The normalized spacial score (nSPS) is 18.1. The van der Waals surface area contributed by atoms with Gasteiger partial charge in [-0.3, -0.25) is 4.40 Å². The van der Waals surface area contributed by atoms with Crippen LogP contribution in [-0.2, 0) is 22.8 Å². The van der Waals surface area contributed by atoms with Crippen LogP contribution in [0.2, 0.25) is 0 Å². The number of nitrogen functional groups attached to an aromatic ring is 1. The Bertz CT molecular complexity index is 1160. The van der Waals surface area contributed by atoms with Gasteiger partial charge in [-0.2, -0.15) is 0 Å². The molecule has 1 aliphatic carbocycles. The standard InChI is InChI=1S/C24H26N4O2/c1-3-27-20-7-5-4-6-17(20)13-19-14-18(8-9-21(19)27)23-24(25)28-11-10-16(15-30-29-2)12-22(28)26-23/h4-7,9-12,14,18H,3,8,13,15,25H2,1-2H3. The van der Waals surface area contributed by atoms with E-state index in [2.05, 4.69) is 48.2 Å². The van der Waals surface area contributed by atoms with Crippen LogP contribution in [0, 0.1) is 0 Å². The third-order valence-electron chi connectivity index (χ3n) is 6.02. The Morgan fingerprint density at radius 2 is 2.10 bits per heavy atom. The predicted molar refractivity (Wildman–Crippen MR) is 118 cm³/mol. The van der Waals surface area contributed by atoms with Crippen molar-refractivity contribution in [2.45, 2.75) is 32.3 Å². The smallest absolute Gasteiger partial charge is 0.139 e. The highest BCUT2D eigenvalue weighted by molar-refractivity contribution is 5.68. The van der Waals surface area contributed by atoms with Gasteiger partial charge in [0.25, 0.3) is 0 Å². The van der Waals surface area contributed by atoms with E-state index in [-0.39, 0.29) is 5.92 Å². The molecule has 0 fully saturated rings. The summed E-state index contributed by atoms with van der Waals surface area (Å²) in [5, 5.41) is 0. The summed E-state index contributed by atoms with van der Waals surface area (Å²) in [6.45, 7) is 3.53. The average Bonchev–Trinajstić information content (AvgIpc) is 3.11. The number of fused-ring (bicyclic) bond motifs is 3. The van der Waals surface area contributed by atoms with Crippen molar-refractivity contribution < 1.29 is 9.78 Å². The van der Waals surface area contributed by atoms with Crippen molar-refractivity contribution in [2.75, 3.05) is 24.3 Å². The van der Waals surface area contributed by atoms with Crippen molar-refractivity contribution in [3.05, 3.63) is 82.8 Å². The molecule has 5 rings (SSSR count). The Labute approximate surface area is 176 Å². The number of nitrogens with two attached hydrogens (primary N) is 1. The Morgan fingerprint density at radius 1 is 1.23 bits per heavy atom. The third kappa shape index (κ3) is 3.09. The van der Waals surface area contributed by atoms with Gasteiger partial charge in [0.2, 0.25) is 0 Å². The van der Waals surface area contributed by atoms with Crippen LogP contribution in [0.3, 0.4) is 0 Å². The maximum atomic E-state index is 6.50. The molecule has 0 saturated carbocycles. The summed E-state index contributed by atoms with van der Waals surface area (Å²) in [4.78, 5) is 17.0. The molecule has 6 nitrogen and oxygen atoms in total. The Balaban J connectivity index is 1.50. The number of para-hydroxylation sites is 1. The quantitative estimate of drug-likeness (QED) is 0.507. The fourth-order valence-electron chi connectivity index (χ4n) is 4.60. The molecule has 3 heterocycles. The third-order valence-corrected chi connectivity index (χ3v) is 6.02. The Hall–Kier alpha value is -3.09. The van der Waals surface area contributed by atoms with E-state index in [0.717, 1.165) is 36.3 Å². The second-order valence-electron chi connectivity index (χ2n) is 7.75. The van der Waals surface area contributed by atoms with Gasteiger partial charge in [0.1, 0.15) is 18.1 Å². The highest BCUT2D eigenvalue weighted by atomic mass is 17.2. The zero-order chi connectivity index (χ0) is 20.7. The molecule has 2 aromatic heterocycles. The van der Waals surface area contributed by atoms with Crippen LogP contribution in [0.15, 0.2) is 66.0 Å². The molecule has 30 heavy (non-hydrogen) atoms. The van der Waals surface area contributed by atoms with E-state index in [1.54, 1.807) is 0 Å². The van der Waals surface area contributed by atoms with Crippen LogP contribution < -0.4 is 10.6 Å². The highest BCUT2D eigenvalue weighted by Gasteiger charge is 2.29. The molecule has 0 saturated heterocycles. The molecule has 1 aliphatic heterocycles. The first-order chi connectivity index (χ1) is 14.7. The van der Waals surface area contributed by atoms with Crippen LogP contribution in [-0.4, -0.2) is 23.0 Å². The van der Waals surface area contributed by atoms with Crippen molar-refractivity contribution >= 4 is 17.2 Å². The minimum atomic E-state index is 0.172. The molecular weight excluding hydrogens is 376 g/mol. The predicted octanol–water partition coefficient (Wildman–Crippen LogP) is 4.37. The molecule has 2 aliphatic rings. The lowest BCUT2D eigenvalue weighted by molar-refractivity contribution is -0.282. The second-order valence-corrected chi connectivity index (χ2v) is 7.75. The molecule has 0 spiro atoms. The zero-order valence-corrected chi connectivity index (χ0v) is 17.3. The van der Waals surface area contributed by atoms with E-state index in [4.69, 9.17) is 20.5 Å². The minimum absolute atomic E-state index is 0.172. The number of likely N-dealkylation sites (N-methyl/N-ethyl adjacent to an activating group) is 1. The van der Waals surface area contributed by atoms with E-state index >= 15 is 0 Å². The molecule has 6 heteroatoms. The Morgan fingerprint density at radius 3 is 2.93 bits per heavy atom. The van der Waals surface area contributed by atoms with Crippen molar-refractivity contribution in [1.82, 2.24) is 9.38 Å². The summed E-state index contributed by atoms with van der Waals surface area (Å²) < 4.78 is 1.94. The highest BCUT2D eigenvalue weighted by Crippen LogP contribution is 2.41. The summed E-state index contributed by atoms with van der Waals surface area (Å²) in [6.07, 6.45) is 8.50. The number of aromatic nitrogens is 2. The summed E-state index contributed by atoms with van der Waals surface area (Å²) >= 11 is 0. The van der Waals surface area contributed by atoms with E-state index in [1.807, 2.05) is 22.7 Å². The molecule has 2 N–H and O–H groups in total. The number of benzene rings is 1. The first kappa shape index (κ1) is 18.9. The molecule has 0 radical (unpaired) electrons. The van der Waals surface area contributed by atoms with Gasteiger partial charge in [-0.15, -0.1) is 0 Å². The number of hydrogen-bond donors (Lipinski definition) is 1.